The van der Waals surface area contributed by atoms with Gasteiger partial charge in [-0.2, -0.15) is 0 Å². The van der Waals surface area contributed by atoms with Crippen LogP contribution >= 0.6 is 0 Å². The molecule has 1 saturated heterocycles. The zero-order valence-electron chi connectivity index (χ0n) is 13.8. The largest absolute Gasteiger partial charge is 0.378 e. The van der Waals surface area contributed by atoms with Gasteiger partial charge in [-0.25, -0.2) is 18.1 Å². The van der Waals surface area contributed by atoms with Crippen LogP contribution in [0.25, 0.3) is 6.08 Å². The van der Waals surface area contributed by atoms with Crippen LogP contribution in [0.5, 0.6) is 0 Å². The van der Waals surface area contributed by atoms with Crippen molar-refractivity contribution in [3.63, 3.8) is 0 Å². The van der Waals surface area contributed by atoms with E-state index in [2.05, 4.69) is 14.6 Å². The maximum atomic E-state index is 12.2. The Morgan fingerprint density at radius 1 is 1.12 bits per heavy atom. The highest BCUT2D eigenvalue weighted by Crippen LogP contribution is 2.18. The third-order valence-corrected chi connectivity index (χ3v) is 4.92. The van der Waals surface area contributed by atoms with Crippen molar-refractivity contribution in [3.05, 3.63) is 65.2 Å². The Morgan fingerprint density at radius 3 is 2.64 bits per heavy atom. The molecule has 0 spiro atoms. The number of rotatable bonds is 6. The van der Waals surface area contributed by atoms with Gasteiger partial charge in [0.15, 0.2) is 0 Å². The van der Waals surface area contributed by atoms with Crippen molar-refractivity contribution in [3.8, 4) is 0 Å². The van der Waals surface area contributed by atoms with Crippen LogP contribution in [0.15, 0.2) is 54.1 Å². The van der Waals surface area contributed by atoms with Crippen molar-refractivity contribution in [1.82, 2.24) is 9.71 Å². The van der Waals surface area contributed by atoms with Crippen LogP contribution in [-0.4, -0.2) is 39.7 Å². The average molecular weight is 359 g/mol. The fraction of sp³-hybridized carbons (Fsp3) is 0.278. The van der Waals surface area contributed by atoms with E-state index in [0.717, 1.165) is 30.0 Å². The second-order valence-electron chi connectivity index (χ2n) is 5.67. The van der Waals surface area contributed by atoms with Crippen molar-refractivity contribution in [2.24, 2.45) is 0 Å². The molecule has 1 aromatic carbocycles. The first-order valence-corrected chi connectivity index (χ1v) is 9.68. The topological polar surface area (TPSA) is 71.5 Å². The molecule has 0 atom stereocenters. The van der Waals surface area contributed by atoms with E-state index < -0.39 is 10.0 Å². The van der Waals surface area contributed by atoms with Gasteiger partial charge in [-0.15, -0.1) is 0 Å². The zero-order valence-corrected chi connectivity index (χ0v) is 14.7. The first kappa shape index (κ1) is 17.6. The van der Waals surface area contributed by atoms with E-state index in [-0.39, 0.29) is 6.54 Å². The molecule has 1 fully saturated rings. The average Bonchev–Trinajstić information content (AvgIpc) is 2.67. The number of sulfonamides is 1. The van der Waals surface area contributed by atoms with E-state index in [4.69, 9.17) is 4.74 Å². The second-order valence-corrected chi connectivity index (χ2v) is 7.32. The molecule has 0 aliphatic carbocycles. The van der Waals surface area contributed by atoms with Crippen LogP contribution in [0.4, 0.5) is 5.82 Å². The minimum atomic E-state index is -3.53. The molecule has 1 aliphatic heterocycles. The second kappa shape index (κ2) is 8.24. The zero-order chi connectivity index (χ0) is 17.5. The molecule has 25 heavy (non-hydrogen) atoms. The molecule has 132 valence electrons. The van der Waals surface area contributed by atoms with E-state index >= 15 is 0 Å². The van der Waals surface area contributed by atoms with Crippen molar-refractivity contribution >= 4 is 21.9 Å². The molecule has 6 nitrogen and oxygen atoms in total. The highest BCUT2D eigenvalue weighted by atomic mass is 32.2. The van der Waals surface area contributed by atoms with Gasteiger partial charge in [0.2, 0.25) is 10.0 Å². The van der Waals surface area contributed by atoms with E-state index in [1.54, 1.807) is 12.3 Å². The number of ether oxygens (including phenoxy) is 1. The lowest BCUT2D eigenvalue weighted by atomic mass is 10.2. The van der Waals surface area contributed by atoms with Crippen LogP contribution in [0.2, 0.25) is 0 Å². The molecule has 0 saturated carbocycles. The summed E-state index contributed by atoms with van der Waals surface area (Å²) < 4.78 is 32.4. The van der Waals surface area contributed by atoms with Gasteiger partial charge in [-0.1, -0.05) is 36.4 Å². The fourth-order valence-electron chi connectivity index (χ4n) is 2.59. The predicted molar refractivity (Wildman–Crippen MR) is 98.5 cm³/mol. The van der Waals surface area contributed by atoms with Crippen LogP contribution in [0, 0.1) is 0 Å². The molecule has 1 N–H and O–H groups in total. The van der Waals surface area contributed by atoms with Gasteiger partial charge in [0.1, 0.15) is 5.82 Å². The quantitative estimate of drug-likeness (QED) is 0.854. The van der Waals surface area contributed by atoms with Gasteiger partial charge in [0, 0.05) is 36.8 Å². The number of hydrogen-bond acceptors (Lipinski definition) is 5. The third kappa shape index (κ3) is 5.12. The minimum Gasteiger partial charge on any atom is -0.378 e. The third-order valence-electron chi connectivity index (χ3n) is 3.88. The van der Waals surface area contributed by atoms with E-state index in [9.17, 15) is 8.42 Å². The minimum absolute atomic E-state index is 0.196. The van der Waals surface area contributed by atoms with E-state index in [0.29, 0.717) is 13.2 Å². The van der Waals surface area contributed by atoms with Gasteiger partial charge < -0.3 is 9.64 Å². The number of anilines is 1. The molecule has 1 aromatic heterocycles. The molecular weight excluding hydrogens is 338 g/mol. The summed E-state index contributed by atoms with van der Waals surface area (Å²) in [6.45, 7) is 3.01. The summed E-state index contributed by atoms with van der Waals surface area (Å²) in [6.07, 6.45) is 3.30. The number of nitrogens with zero attached hydrogens (tertiary/aromatic N) is 2. The number of pyridine rings is 1. The van der Waals surface area contributed by atoms with Gasteiger partial charge in [0.05, 0.1) is 13.2 Å². The van der Waals surface area contributed by atoms with Crippen molar-refractivity contribution in [2.75, 3.05) is 31.2 Å². The molecule has 2 aromatic rings. The fourth-order valence-corrected chi connectivity index (χ4v) is 3.38. The lowest BCUT2D eigenvalue weighted by molar-refractivity contribution is 0.122. The smallest absolute Gasteiger partial charge is 0.234 e. The highest BCUT2D eigenvalue weighted by Gasteiger charge is 2.16. The molecule has 0 bridgehead atoms. The molecule has 2 heterocycles. The highest BCUT2D eigenvalue weighted by molar-refractivity contribution is 7.92. The predicted octanol–water partition coefficient (Wildman–Crippen LogP) is 2.01. The van der Waals surface area contributed by atoms with Gasteiger partial charge >= 0.3 is 0 Å². The normalized spacial score (nSPS) is 15.6. The van der Waals surface area contributed by atoms with Crippen LogP contribution in [-0.2, 0) is 21.3 Å². The number of morpholine rings is 1. The summed E-state index contributed by atoms with van der Waals surface area (Å²) in [4.78, 5) is 6.53. The van der Waals surface area contributed by atoms with E-state index in [1.807, 2.05) is 42.5 Å². The number of aromatic nitrogens is 1. The molecule has 0 radical (unpaired) electrons. The molecule has 0 amide bonds. The Kier molecular flexibility index (Phi) is 5.80. The van der Waals surface area contributed by atoms with Crippen LogP contribution in [0.3, 0.4) is 0 Å². The SMILES string of the molecule is O=S(=O)(/C=C/c1ccccc1)NCc1cccnc1N1CCOCC1. The Bertz CT molecular complexity index is 816. The molecule has 1 aliphatic rings. The summed E-state index contributed by atoms with van der Waals surface area (Å²) in [5.41, 5.74) is 1.68. The lowest BCUT2D eigenvalue weighted by Gasteiger charge is -2.29. The number of nitrogens with one attached hydrogen (secondary N) is 1. The Morgan fingerprint density at radius 2 is 1.88 bits per heavy atom. The van der Waals surface area contributed by atoms with Crippen molar-refractivity contribution in [2.45, 2.75) is 6.54 Å². The maximum Gasteiger partial charge on any atom is 0.234 e. The van der Waals surface area contributed by atoms with Crippen molar-refractivity contribution < 1.29 is 13.2 Å². The molecule has 3 rings (SSSR count). The summed E-state index contributed by atoms with van der Waals surface area (Å²) in [7, 11) is -3.53. The van der Waals surface area contributed by atoms with Gasteiger partial charge in [-0.05, 0) is 17.7 Å². The first-order chi connectivity index (χ1) is 12.1. The van der Waals surface area contributed by atoms with Crippen LogP contribution in [0.1, 0.15) is 11.1 Å². The Labute approximate surface area is 148 Å². The van der Waals surface area contributed by atoms with E-state index in [1.165, 1.54) is 5.41 Å². The monoisotopic (exact) mass is 359 g/mol. The Hall–Kier alpha value is -2.22. The maximum absolute atomic E-state index is 12.2. The standard InChI is InChI=1S/C18H21N3O3S/c22-25(23,14-8-16-5-2-1-3-6-16)20-15-17-7-4-9-19-18(17)21-10-12-24-13-11-21/h1-9,14,20H,10-13,15H2/b14-8+. The van der Waals surface area contributed by atoms with Gasteiger partial charge in [-0.3, -0.25) is 0 Å². The van der Waals surface area contributed by atoms with Gasteiger partial charge in [0.25, 0.3) is 0 Å². The van der Waals surface area contributed by atoms with Crippen LogP contribution < -0.4 is 9.62 Å². The number of hydrogen-bond donors (Lipinski definition) is 1. The first-order valence-electron chi connectivity index (χ1n) is 8.13. The molecule has 0 unspecified atom stereocenters. The summed E-state index contributed by atoms with van der Waals surface area (Å²) in [5.74, 6) is 0.806. The van der Waals surface area contributed by atoms with Crippen molar-refractivity contribution in [1.29, 1.82) is 0 Å². The number of benzene rings is 1. The summed E-state index contributed by atoms with van der Waals surface area (Å²) >= 11 is 0. The Balaban J connectivity index is 1.67. The lowest BCUT2D eigenvalue weighted by Crippen LogP contribution is -2.37. The summed E-state index contributed by atoms with van der Waals surface area (Å²) in [6, 6.07) is 13.0. The summed E-state index contributed by atoms with van der Waals surface area (Å²) in [5, 5.41) is 1.19. The molecular formula is C18H21N3O3S. The molecule has 7 heteroatoms.